The average Bonchev–Trinajstić information content (AvgIpc) is 2.76. The lowest BCUT2D eigenvalue weighted by Crippen LogP contribution is -2.21. The van der Waals surface area contributed by atoms with E-state index in [-0.39, 0.29) is 0 Å². The fourth-order valence-corrected chi connectivity index (χ4v) is 3.33. The number of halogens is 1. The molecule has 1 aromatic carbocycles. The number of nitrogens with one attached hydrogen (secondary N) is 1. The Morgan fingerprint density at radius 2 is 2.28 bits per heavy atom. The highest BCUT2D eigenvalue weighted by atomic mass is 79.9. The molecule has 1 saturated carbocycles. The number of rotatable bonds is 4. The second-order valence-corrected chi connectivity index (χ2v) is 5.83. The van der Waals surface area contributed by atoms with E-state index in [1.54, 1.807) is 7.11 Å². The van der Waals surface area contributed by atoms with Crippen molar-refractivity contribution in [1.82, 2.24) is 0 Å². The monoisotopic (exact) mass is 328 g/mol. The Bertz CT molecular complexity index is 453. The fourth-order valence-electron chi connectivity index (χ4n) is 2.40. The van der Waals surface area contributed by atoms with Crippen LogP contribution < -0.4 is 11.1 Å². The van der Waals surface area contributed by atoms with Crippen LogP contribution in [-0.2, 0) is 4.74 Å². The van der Waals surface area contributed by atoms with E-state index in [0.29, 0.717) is 17.1 Å². The number of hydrogen-bond acceptors (Lipinski definition) is 3. The van der Waals surface area contributed by atoms with Crippen molar-refractivity contribution in [1.29, 1.82) is 0 Å². The molecule has 0 amide bonds. The predicted octanol–water partition coefficient (Wildman–Crippen LogP) is 3.06. The smallest absolute Gasteiger partial charge is 0.107 e. The van der Waals surface area contributed by atoms with E-state index in [2.05, 4.69) is 21.2 Å². The Balaban J connectivity index is 2.15. The highest BCUT2D eigenvalue weighted by Crippen LogP contribution is 2.29. The van der Waals surface area contributed by atoms with Gasteiger partial charge < -0.3 is 15.8 Å². The van der Waals surface area contributed by atoms with Crippen LogP contribution in [0.4, 0.5) is 5.69 Å². The van der Waals surface area contributed by atoms with Crippen molar-refractivity contribution < 1.29 is 4.74 Å². The van der Waals surface area contributed by atoms with Crippen molar-refractivity contribution in [2.75, 3.05) is 12.4 Å². The minimum Gasteiger partial charge on any atom is -0.389 e. The average molecular weight is 329 g/mol. The second kappa shape index (κ2) is 5.99. The first-order chi connectivity index (χ1) is 8.61. The Hall–Kier alpha value is -0.650. The maximum absolute atomic E-state index is 5.78. The number of thiocarbonyl (C=S) groups is 1. The van der Waals surface area contributed by atoms with E-state index in [1.165, 1.54) is 0 Å². The molecule has 3 N–H and O–H groups in total. The third kappa shape index (κ3) is 3.02. The zero-order chi connectivity index (χ0) is 13.1. The third-order valence-electron chi connectivity index (χ3n) is 3.34. The predicted molar refractivity (Wildman–Crippen MR) is 82.1 cm³/mol. The molecule has 0 saturated heterocycles. The van der Waals surface area contributed by atoms with Crippen molar-refractivity contribution in [3.8, 4) is 0 Å². The van der Waals surface area contributed by atoms with Gasteiger partial charge in [0.05, 0.1) is 6.10 Å². The molecule has 3 nitrogen and oxygen atoms in total. The minimum absolute atomic E-state index is 0.364. The van der Waals surface area contributed by atoms with Gasteiger partial charge in [0.1, 0.15) is 4.99 Å². The number of methoxy groups -OCH3 is 1. The highest BCUT2D eigenvalue weighted by molar-refractivity contribution is 9.10. The maximum atomic E-state index is 5.78. The van der Waals surface area contributed by atoms with Gasteiger partial charge >= 0.3 is 0 Å². The van der Waals surface area contributed by atoms with Gasteiger partial charge in [-0.1, -0.05) is 18.3 Å². The van der Waals surface area contributed by atoms with Gasteiger partial charge in [0, 0.05) is 28.9 Å². The Morgan fingerprint density at radius 3 is 2.89 bits per heavy atom. The highest BCUT2D eigenvalue weighted by Gasteiger charge is 2.25. The molecule has 0 spiro atoms. The summed E-state index contributed by atoms with van der Waals surface area (Å²) in [7, 11) is 1.77. The van der Waals surface area contributed by atoms with Gasteiger partial charge in [0.15, 0.2) is 0 Å². The first kappa shape index (κ1) is 13.8. The standard InChI is InChI=1S/C13H17BrN2OS/c1-17-9-6-5-8(7-9)16-11-4-2-3-10(14)12(11)13(15)18/h2-4,8-9,16H,5-7H2,1H3,(H2,15,18). The number of benzene rings is 1. The molecule has 0 aromatic heterocycles. The van der Waals surface area contributed by atoms with E-state index < -0.39 is 0 Å². The topological polar surface area (TPSA) is 47.3 Å². The lowest BCUT2D eigenvalue weighted by atomic mass is 10.1. The minimum atomic E-state index is 0.364. The first-order valence-corrected chi connectivity index (χ1v) is 7.19. The zero-order valence-electron chi connectivity index (χ0n) is 10.3. The molecule has 2 rings (SSSR count). The van der Waals surface area contributed by atoms with Crippen LogP contribution in [0, 0.1) is 0 Å². The van der Waals surface area contributed by atoms with Crippen LogP contribution >= 0.6 is 28.1 Å². The molecule has 2 unspecified atom stereocenters. The molecule has 98 valence electrons. The molecule has 1 aliphatic rings. The van der Waals surface area contributed by atoms with E-state index in [9.17, 15) is 0 Å². The molecule has 2 atom stereocenters. The summed E-state index contributed by atoms with van der Waals surface area (Å²) in [5.41, 5.74) is 7.66. The molecule has 1 aliphatic carbocycles. The Morgan fingerprint density at radius 1 is 1.50 bits per heavy atom. The molecule has 1 fully saturated rings. The van der Waals surface area contributed by atoms with Crippen molar-refractivity contribution in [3.05, 3.63) is 28.2 Å². The second-order valence-electron chi connectivity index (χ2n) is 4.54. The molecular weight excluding hydrogens is 312 g/mol. The largest absolute Gasteiger partial charge is 0.389 e. The van der Waals surface area contributed by atoms with Gasteiger partial charge in [0.2, 0.25) is 0 Å². The Labute approximate surface area is 121 Å². The van der Waals surface area contributed by atoms with Crippen LogP contribution in [0.3, 0.4) is 0 Å². The maximum Gasteiger partial charge on any atom is 0.107 e. The van der Waals surface area contributed by atoms with Gasteiger partial charge in [-0.25, -0.2) is 0 Å². The molecule has 0 heterocycles. The molecule has 18 heavy (non-hydrogen) atoms. The van der Waals surface area contributed by atoms with Crippen molar-refractivity contribution >= 4 is 38.8 Å². The summed E-state index contributed by atoms with van der Waals surface area (Å²) >= 11 is 8.60. The van der Waals surface area contributed by atoms with Gasteiger partial charge in [-0.2, -0.15) is 0 Å². The summed E-state index contributed by atoms with van der Waals surface area (Å²) < 4.78 is 6.31. The molecular formula is C13H17BrN2OS. The molecule has 0 bridgehead atoms. The van der Waals surface area contributed by atoms with Gasteiger partial charge in [-0.15, -0.1) is 0 Å². The van der Waals surface area contributed by atoms with Crippen LogP contribution in [0.2, 0.25) is 0 Å². The van der Waals surface area contributed by atoms with Crippen LogP contribution in [0.25, 0.3) is 0 Å². The third-order valence-corrected chi connectivity index (χ3v) is 4.20. The van der Waals surface area contributed by atoms with E-state index in [0.717, 1.165) is 35.0 Å². The van der Waals surface area contributed by atoms with Crippen LogP contribution in [0.5, 0.6) is 0 Å². The van der Waals surface area contributed by atoms with Crippen LogP contribution in [0.1, 0.15) is 24.8 Å². The number of anilines is 1. The first-order valence-electron chi connectivity index (χ1n) is 5.99. The molecule has 0 aliphatic heterocycles. The van der Waals surface area contributed by atoms with Crippen molar-refractivity contribution in [3.63, 3.8) is 0 Å². The lowest BCUT2D eigenvalue weighted by molar-refractivity contribution is 0.108. The van der Waals surface area contributed by atoms with Gasteiger partial charge in [-0.05, 0) is 47.3 Å². The van der Waals surface area contributed by atoms with E-state index >= 15 is 0 Å². The quantitative estimate of drug-likeness (QED) is 0.834. The normalized spacial score (nSPS) is 23.0. The summed E-state index contributed by atoms with van der Waals surface area (Å²) in [4.78, 5) is 0.409. The lowest BCUT2D eigenvalue weighted by Gasteiger charge is -2.18. The molecule has 0 radical (unpaired) electrons. The number of hydrogen-bond donors (Lipinski definition) is 2. The van der Waals surface area contributed by atoms with E-state index in [4.69, 9.17) is 22.7 Å². The van der Waals surface area contributed by atoms with Crippen LogP contribution in [0.15, 0.2) is 22.7 Å². The summed E-state index contributed by atoms with van der Waals surface area (Å²) in [6.07, 6.45) is 3.61. The molecule has 5 heteroatoms. The summed E-state index contributed by atoms with van der Waals surface area (Å²) in [5, 5.41) is 3.52. The number of nitrogens with two attached hydrogens (primary N) is 1. The SMILES string of the molecule is COC1CCC(Nc2cccc(Br)c2C(N)=S)C1. The van der Waals surface area contributed by atoms with Gasteiger partial charge in [0.25, 0.3) is 0 Å². The summed E-state index contributed by atoms with van der Waals surface area (Å²) in [6, 6.07) is 6.38. The summed E-state index contributed by atoms with van der Waals surface area (Å²) in [5.74, 6) is 0. The Kier molecular flexibility index (Phi) is 4.59. The fraction of sp³-hybridized carbons (Fsp3) is 0.462. The summed E-state index contributed by atoms with van der Waals surface area (Å²) in [6.45, 7) is 0. The molecule has 1 aromatic rings. The van der Waals surface area contributed by atoms with Gasteiger partial charge in [-0.3, -0.25) is 0 Å². The van der Waals surface area contributed by atoms with Crippen LogP contribution in [-0.4, -0.2) is 24.2 Å². The van der Waals surface area contributed by atoms with E-state index in [1.807, 2.05) is 18.2 Å². The van der Waals surface area contributed by atoms with Crippen molar-refractivity contribution in [2.24, 2.45) is 5.73 Å². The zero-order valence-corrected chi connectivity index (χ0v) is 12.7. The van der Waals surface area contributed by atoms with Crippen molar-refractivity contribution in [2.45, 2.75) is 31.4 Å². The number of ether oxygens (including phenoxy) is 1.